The fraction of sp³-hybridized carbons (Fsp3) is 0.933. The maximum absolute atomic E-state index is 13.5. The third kappa shape index (κ3) is 6.79. The van der Waals surface area contributed by atoms with Crippen molar-refractivity contribution in [2.75, 3.05) is 6.61 Å². The normalized spacial score (nSPS) is 15.8. The maximum atomic E-state index is 13.5. The van der Waals surface area contributed by atoms with E-state index in [1.165, 1.54) is 13.8 Å². The Morgan fingerprint density at radius 3 is 1.60 bits per heavy atom. The minimum Gasteiger partial charge on any atom is -0.465 e. The Balaban J connectivity index is 5.35. The van der Waals surface area contributed by atoms with Crippen LogP contribution in [0.5, 0.6) is 0 Å². The van der Waals surface area contributed by atoms with Gasteiger partial charge in [-0.2, -0.15) is 48.3 Å². The highest BCUT2D eigenvalue weighted by Gasteiger charge is 2.76. The van der Waals surface area contributed by atoms with E-state index in [1.807, 2.05) is 0 Å². The number of hydrogen-bond donors (Lipinski definition) is 0. The van der Waals surface area contributed by atoms with E-state index in [9.17, 15) is 61.9 Å². The van der Waals surface area contributed by atoms with Crippen molar-refractivity contribution in [1.29, 1.82) is 0 Å². The van der Waals surface area contributed by atoms with Gasteiger partial charge in [-0.3, -0.25) is 4.79 Å². The lowest BCUT2D eigenvalue weighted by atomic mass is 9.93. The van der Waals surface area contributed by atoms with Gasteiger partial charge in [0.1, 0.15) is 0 Å². The average molecular weight is 476 g/mol. The minimum atomic E-state index is -6.98. The Morgan fingerprint density at radius 1 is 0.767 bits per heavy atom. The second kappa shape index (κ2) is 8.97. The molecule has 15 heteroatoms. The zero-order valence-electron chi connectivity index (χ0n) is 15.3. The number of alkyl halides is 13. The molecule has 0 saturated heterocycles. The summed E-state index contributed by atoms with van der Waals surface area (Å²) in [5, 5.41) is 0. The first-order valence-corrected chi connectivity index (χ1v) is 8.15. The molecule has 0 fully saturated rings. The number of rotatable bonds is 11. The fourth-order valence-electron chi connectivity index (χ4n) is 1.89. The summed E-state index contributed by atoms with van der Waals surface area (Å²) in [4.78, 5) is 11.3. The van der Waals surface area contributed by atoms with E-state index in [-0.39, 0.29) is 6.42 Å². The van der Waals surface area contributed by atoms with Crippen LogP contribution in [-0.4, -0.2) is 48.4 Å². The van der Waals surface area contributed by atoms with Crippen LogP contribution in [0.15, 0.2) is 0 Å². The van der Waals surface area contributed by atoms with Crippen molar-refractivity contribution in [2.45, 2.75) is 75.3 Å². The Labute approximate surface area is 161 Å². The predicted molar refractivity (Wildman–Crippen MR) is 75.1 cm³/mol. The smallest absolute Gasteiger partial charge is 0.453 e. The molecule has 0 heterocycles. The van der Waals surface area contributed by atoms with E-state index in [0.29, 0.717) is 0 Å². The van der Waals surface area contributed by atoms with Crippen molar-refractivity contribution < 1.29 is 66.6 Å². The van der Waals surface area contributed by atoms with Crippen molar-refractivity contribution in [3.63, 3.8) is 0 Å². The zero-order chi connectivity index (χ0) is 24.4. The van der Waals surface area contributed by atoms with Crippen LogP contribution in [0.2, 0.25) is 0 Å². The van der Waals surface area contributed by atoms with E-state index in [2.05, 4.69) is 4.74 Å². The quantitative estimate of drug-likeness (QED) is 0.252. The first-order chi connectivity index (χ1) is 13.0. The largest absolute Gasteiger partial charge is 0.465 e. The van der Waals surface area contributed by atoms with Crippen LogP contribution >= 0.6 is 0 Å². The van der Waals surface area contributed by atoms with Gasteiger partial charge in [-0.15, -0.1) is 0 Å². The number of carbonyl (C=O) groups excluding carboxylic acids is 1. The topological polar surface area (TPSA) is 26.3 Å². The Hall–Kier alpha value is -1.44. The highest BCUT2D eigenvalue weighted by molar-refractivity contribution is 5.71. The molecule has 0 aliphatic carbocycles. The second-order valence-corrected chi connectivity index (χ2v) is 6.62. The second-order valence-electron chi connectivity index (χ2n) is 6.62. The molecule has 30 heavy (non-hydrogen) atoms. The van der Waals surface area contributed by atoms with E-state index in [0.717, 1.165) is 0 Å². The molecule has 0 spiro atoms. The number of ether oxygens (including phenoxy) is 1. The number of esters is 1. The Bertz CT molecular complexity index is 584. The van der Waals surface area contributed by atoms with Gasteiger partial charge >= 0.3 is 35.8 Å². The molecule has 0 aliphatic heterocycles. The SMILES string of the molecule is CCC(C)C(=O)OCCC(F)(F)CC(F)(F)C(F)(F)C(F)(F)CC(F)(F)C(F)(F)F. The van der Waals surface area contributed by atoms with E-state index in [4.69, 9.17) is 0 Å². The van der Waals surface area contributed by atoms with Crippen LogP contribution in [0.3, 0.4) is 0 Å². The average Bonchev–Trinajstić information content (AvgIpc) is 2.50. The molecule has 0 aromatic rings. The summed E-state index contributed by atoms with van der Waals surface area (Å²) in [5.41, 5.74) is 0. The fourth-order valence-corrected chi connectivity index (χ4v) is 1.89. The van der Waals surface area contributed by atoms with Crippen molar-refractivity contribution in [3.8, 4) is 0 Å². The first-order valence-electron chi connectivity index (χ1n) is 8.15. The lowest BCUT2D eigenvalue weighted by Crippen LogP contribution is -2.58. The van der Waals surface area contributed by atoms with Crippen LogP contribution in [0, 0.1) is 5.92 Å². The van der Waals surface area contributed by atoms with Crippen molar-refractivity contribution >= 4 is 5.97 Å². The summed E-state index contributed by atoms with van der Waals surface area (Å²) in [7, 11) is 0. The van der Waals surface area contributed by atoms with Crippen molar-refractivity contribution in [1.82, 2.24) is 0 Å². The molecule has 0 bridgehead atoms. The molecule has 0 aliphatic rings. The number of hydrogen-bond acceptors (Lipinski definition) is 2. The molecule has 1 unspecified atom stereocenters. The van der Waals surface area contributed by atoms with Crippen LogP contribution in [0.25, 0.3) is 0 Å². The van der Waals surface area contributed by atoms with Gasteiger partial charge in [-0.05, 0) is 6.42 Å². The maximum Gasteiger partial charge on any atom is 0.453 e. The van der Waals surface area contributed by atoms with Gasteiger partial charge in [-0.25, -0.2) is 8.78 Å². The summed E-state index contributed by atoms with van der Waals surface area (Å²) in [6.07, 6.45) is -15.8. The van der Waals surface area contributed by atoms with Gasteiger partial charge in [0.05, 0.1) is 25.4 Å². The molecule has 0 amide bonds. The lowest BCUT2D eigenvalue weighted by molar-refractivity contribution is -0.357. The molecule has 180 valence electrons. The molecule has 1 atom stereocenters. The van der Waals surface area contributed by atoms with Gasteiger partial charge < -0.3 is 4.74 Å². The third-order valence-electron chi connectivity index (χ3n) is 3.99. The standard InChI is InChI=1S/C15H17F13O2/c1-3-8(2)9(29)30-5-4-10(16,17)6-11(18,19)14(24,25)12(20,21)7-13(22,23)15(26,27)28/h8H,3-7H2,1-2H3. The summed E-state index contributed by atoms with van der Waals surface area (Å²) in [6, 6.07) is 0. The highest BCUT2D eigenvalue weighted by Crippen LogP contribution is 2.55. The Kier molecular flexibility index (Phi) is 8.54. The molecule has 2 nitrogen and oxygen atoms in total. The third-order valence-corrected chi connectivity index (χ3v) is 3.99. The van der Waals surface area contributed by atoms with Crippen LogP contribution in [0.4, 0.5) is 57.1 Å². The zero-order valence-corrected chi connectivity index (χ0v) is 15.3. The van der Waals surface area contributed by atoms with Crippen LogP contribution in [-0.2, 0) is 9.53 Å². The summed E-state index contributed by atoms with van der Waals surface area (Å²) >= 11 is 0. The monoisotopic (exact) mass is 476 g/mol. The summed E-state index contributed by atoms with van der Waals surface area (Å²) in [5.74, 6) is -33.2. The van der Waals surface area contributed by atoms with Gasteiger partial charge in [0.25, 0.3) is 5.92 Å². The molecular weight excluding hydrogens is 459 g/mol. The molecule has 0 aromatic carbocycles. The Morgan fingerprint density at radius 2 is 1.20 bits per heavy atom. The van der Waals surface area contributed by atoms with E-state index < -0.39 is 73.5 Å². The summed E-state index contributed by atoms with van der Waals surface area (Å²) < 4.78 is 173. The van der Waals surface area contributed by atoms with Gasteiger partial charge in [0.15, 0.2) is 0 Å². The minimum absolute atomic E-state index is 0.206. The number of halogens is 13. The van der Waals surface area contributed by atoms with Crippen LogP contribution in [0.1, 0.15) is 39.5 Å². The van der Waals surface area contributed by atoms with E-state index >= 15 is 0 Å². The molecule has 0 saturated carbocycles. The highest BCUT2D eigenvalue weighted by atomic mass is 19.4. The summed E-state index contributed by atoms with van der Waals surface area (Å²) in [6.45, 7) is 1.56. The van der Waals surface area contributed by atoms with Gasteiger partial charge in [-0.1, -0.05) is 13.8 Å². The van der Waals surface area contributed by atoms with Gasteiger partial charge in [0.2, 0.25) is 0 Å². The van der Waals surface area contributed by atoms with Crippen molar-refractivity contribution in [3.05, 3.63) is 0 Å². The molecular formula is C15H17F13O2. The molecule has 0 aromatic heterocycles. The first kappa shape index (κ1) is 28.6. The predicted octanol–water partition coefficient (Wildman–Crippen LogP) is 6.48. The number of carbonyl (C=O) groups is 1. The van der Waals surface area contributed by atoms with Crippen molar-refractivity contribution in [2.24, 2.45) is 5.92 Å². The van der Waals surface area contributed by atoms with Crippen LogP contribution < -0.4 is 0 Å². The molecule has 0 rings (SSSR count). The van der Waals surface area contributed by atoms with E-state index in [1.54, 1.807) is 0 Å². The lowest BCUT2D eigenvalue weighted by Gasteiger charge is -2.36. The molecule has 0 N–H and O–H groups in total. The van der Waals surface area contributed by atoms with Gasteiger partial charge in [0, 0.05) is 6.42 Å². The molecule has 0 radical (unpaired) electrons.